The predicted octanol–water partition coefficient (Wildman–Crippen LogP) is 2.67. The Balaban J connectivity index is 1.80. The van der Waals surface area contributed by atoms with Crippen LogP contribution in [0.1, 0.15) is 22.3 Å². The number of hydrogen-bond acceptors (Lipinski definition) is 4. The van der Waals surface area contributed by atoms with E-state index in [4.69, 9.17) is 0 Å². The number of amides is 1. The number of halogens is 3. The monoisotopic (exact) mass is 357 g/mol. The molecular formula is C14H14F3N5OS. The second-order valence-corrected chi connectivity index (χ2v) is 6.43. The Hall–Kier alpha value is -2.36. The molecule has 0 aromatic carbocycles. The Bertz CT molecular complexity index is 865. The van der Waals surface area contributed by atoms with Gasteiger partial charge in [0.1, 0.15) is 4.83 Å². The maximum Gasteiger partial charge on any atom is 0.435 e. The standard InChI is InChI=1S/C14H14F3N5OS/c1-8(7-22-5-3-4-18-22)19-12(23)10-6-9-11(14(15,16)17)20-21(2)13(9)24-10/h3-6,8H,7H2,1-2H3,(H,19,23)/t8-/m0/s1. The van der Waals surface area contributed by atoms with Crippen molar-refractivity contribution in [2.75, 3.05) is 0 Å². The number of carbonyl (C=O) groups is 1. The number of alkyl halides is 3. The first-order valence-corrected chi connectivity index (χ1v) is 7.89. The minimum atomic E-state index is -4.55. The summed E-state index contributed by atoms with van der Waals surface area (Å²) in [5.41, 5.74) is -0.972. The summed E-state index contributed by atoms with van der Waals surface area (Å²) < 4.78 is 41.8. The number of carbonyl (C=O) groups excluding carboxylic acids is 1. The van der Waals surface area contributed by atoms with Crippen LogP contribution in [0, 0.1) is 0 Å². The third-order valence-corrected chi connectivity index (χ3v) is 4.60. The molecule has 128 valence electrons. The third kappa shape index (κ3) is 3.14. The highest BCUT2D eigenvalue weighted by atomic mass is 32.1. The first kappa shape index (κ1) is 16.5. The van der Waals surface area contributed by atoms with Gasteiger partial charge in [0.2, 0.25) is 0 Å². The van der Waals surface area contributed by atoms with Gasteiger partial charge in [0.25, 0.3) is 5.91 Å². The lowest BCUT2D eigenvalue weighted by Crippen LogP contribution is -2.35. The molecular weight excluding hydrogens is 343 g/mol. The van der Waals surface area contributed by atoms with Crippen molar-refractivity contribution >= 4 is 27.5 Å². The molecule has 0 unspecified atom stereocenters. The van der Waals surface area contributed by atoms with Gasteiger partial charge in [-0.05, 0) is 19.1 Å². The molecule has 3 aromatic heterocycles. The second kappa shape index (κ2) is 5.93. The molecule has 3 heterocycles. The summed E-state index contributed by atoms with van der Waals surface area (Å²) in [5.74, 6) is -0.413. The summed E-state index contributed by atoms with van der Waals surface area (Å²) in [6, 6.07) is 2.79. The molecule has 0 spiro atoms. The van der Waals surface area contributed by atoms with E-state index in [1.807, 2.05) is 0 Å². The van der Waals surface area contributed by atoms with Crippen molar-refractivity contribution in [2.45, 2.75) is 25.7 Å². The van der Waals surface area contributed by atoms with Crippen LogP contribution >= 0.6 is 11.3 Å². The Morgan fingerprint density at radius 2 is 2.21 bits per heavy atom. The molecule has 0 fully saturated rings. The lowest BCUT2D eigenvalue weighted by molar-refractivity contribution is -0.140. The minimum Gasteiger partial charge on any atom is -0.347 e. The van der Waals surface area contributed by atoms with E-state index in [1.54, 1.807) is 30.1 Å². The normalized spacial score (nSPS) is 13.4. The van der Waals surface area contributed by atoms with E-state index in [0.29, 0.717) is 11.4 Å². The molecule has 0 saturated heterocycles. The first-order chi connectivity index (χ1) is 11.3. The highest BCUT2D eigenvalue weighted by Crippen LogP contribution is 2.37. The molecule has 1 N–H and O–H groups in total. The molecule has 0 saturated carbocycles. The van der Waals surface area contributed by atoms with Gasteiger partial charge in [0, 0.05) is 30.9 Å². The van der Waals surface area contributed by atoms with E-state index in [-0.39, 0.29) is 16.3 Å². The summed E-state index contributed by atoms with van der Waals surface area (Å²) in [5, 5.41) is 10.2. The van der Waals surface area contributed by atoms with Gasteiger partial charge in [-0.2, -0.15) is 23.4 Å². The Labute approximate surface area is 138 Å². The third-order valence-electron chi connectivity index (χ3n) is 3.40. The fraction of sp³-hybridized carbons (Fsp3) is 0.357. The van der Waals surface area contributed by atoms with Crippen molar-refractivity contribution in [2.24, 2.45) is 7.05 Å². The maximum atomic E-state index is 13.0. The molecule has 24 heavy (non-hydrogen) atoms. The predicted molar refractivity (Wildman–Crippen MR) is 82.7 cm³/mol. The molecule has 3 aromatic rings. The van der Waals surface area contributed by atoms with E-state index in [1.165, 1.54) is 13.1 Å². The van der Waals surface area contributed by atoms with Crippen molar-refractivity contribution in [3.8, 4) is 0 Å². The molecule has 0 radical (unpaired) electrons. The number of rotatable bonds is 4. The molecule has 3 rings (SSSR count). The fourth-order valence-corrected chi connectivity index (χ4v) is 3.37. The average Bonchev–Trinajstić information content (AvgIpc) is 3.15. The van der Waals surface area contributed by atoms with Crippen LogP contribution in [0.2, 0.25) is 0 Å². The van der Waals surface area contributed by atoms with E-state index in [0.717, 1.165) is 16.0 Å². The lowest BCUT2D eigenvalue weighted by Gasteiger charge is -2.13. The van der Waals surface area contributed by atoms with Gasteiger partial charge < -0.3 is 5.32 Å². The zero-order chi connectivity index (χ0) is 17.5. The molecule has 0 aliphatic rings. The van der Waals surface area contributed by atoms with Crippen LogP contribution in [0.3, 0.4) is 0 Å². The van der Waals surface area contributed by atoms with Crippen LogP contribution in [0.15, 0.2) is 24.5 Å². The lowest BCUT2D eigenvalue weighted by atomic mass is 10.2. The zero-order valence-corrected chi connectivity index (χ0v) is 13.6. The summed E-state index contributed by atoms with van der Waals surface area (Å²) in [7, 11) is 1.43. The number of aromatic nitrogens is 4. The SMILES string of the molecule is C[C@@H](Cn1cccn1)NC(=O)c1cc2c(C(F)(F)F)nn(C)c2s1. The molecule has 0 aliphatic carbocycles. The molecule has 6 nitrogen and oxygen atoms in total. The van der Waals surface area contributed by atoms with Gasteiger partial charge >= 0.3 is 6.18 Å². The van der Waals surface area contributed by atoms with Crippen LogP contribution in [0.5, 0.6) is 0 Å². The van der Waals surface area contributed by atoms with Crippen molar-refractivity contribution in [3.05, 3.63) is 35.1 Å². The highest BCUT2D eigenvalue weighted by Gasteiger charge is 2.37. The number of nitrogens with one attached hydrogen (secondary N) is 1. The summed E-state index contributed by atoms with van der Waals surface area (Å²) in [4.78, 5) is 12.8. The molecule has 1 amide bonds. The van der Waals surface area contributed by atoms with Crippen LogP contribution in [-0.2, 0) is 19.8 Å². The van der Waals surface area contributed by atoms with E-state index in [9.17, 15) is 18.0 Å². The van der Waals surface area contributed by atoms with Crippen LogP contribution in [0.4, 0.5) is 13.2 Å². The summed E-state index contributed by atoms with van der Waals surface area (Å²) in [6.45, 7) is 2.27. The topological polar surface area (TPSA) is 64.7 Å². The first-order valence-electron chi connectivity index (χ1n) is 7.07. The number of thiophene rings is 1. The Kier molecular flexibility index (Phi) is 4.08. The molecule has 1 atom stereocenters. The van der Waals surface area contributed by atoms with E-state index >= 15 is 0 Å². The van der Waals surface area contributed by atoms with Gasteiger partial charge in [-0.15, -0.1) is 11.3 Å². The largest absolute Gasteiger partial charge is 0.435 e. The van der Waals surface area contributed by atoms with Gasteiger partial charge in [0.05, 0.1) is 11.4 Å². The fourth-order valence-electron chi connectivity index (χ4n) is 2.39. The summed E-state index contributed by atoms with van der Waals surface area (Å²) in [6.07, 6.45) is -1.16. The van der Waals surface area contributed by atoms with Crippen molar-refractivity contribution in [1.29, 1.82) is 0 Å². The highest BCUT2D eigenvalue weighted by molar-refractivity contribution is 7.20. The number of nitrogens with zero attached hydrogens (tertiary/aromatic N) is 4. The second-order valence-electron chi connectivity index (χ2n) is 5.40. The Morgan fingerprint density at radius 3 is 2.83 bits per heavy atom. The van der Waals surface area contributed by atoms with Gasteiger partial charge in [-0.25, -0.2) is 0 Å². The van der Waals surface area contributed by atoms with Crippen molar-refractivity contribution in [1.82, 2.24) is 24.9 Å². The van der Waals surface area contributed by atoms with Crippen LogP contribution in [-0.4, -0.2) is 31.5 Å². The van der Waals surface area contributed by atoms with Crippen molar-refractivity contribution in [3.63, 3.8) is 0 Å². The Morgan fingerprint density at radius 1 is 1.46 bits per heavy atom. The van der Waals surface area contributed by atoms with Crippen LogP contribution < -0.4 is 5.32 Å². The van der Waals surface area contributed by atoms with E-state index < -0.39 is 17.8 Å². The molecule has 0 aliphatic heterocycles. The van der Waals surface area contributed by atoms with Gasteiger partial charge in [-0.3, -0.25) is 14.2 Å². The minimum absolute atomic E-state index is 0.0557. The molecule has 0 bridgehead atoms. The van der Waals surface area contributed by atoms with Crippen LogP contribution in [0.25, 0.3) is 10.2 Å². The quantitative estimate of drug-likeness (QED) is 0.781. The number of fused-ring (bicyclic) bond motifs is 1. The van der Waals surface area contributed by atoms with Gasteiger partial charge in [0.15, 0.2) is 5.69 Å². The summed E-state index contributed by atoms with van der Waals surface area (Å²) >= 11 is 0.985. The smallest absolute Gasteiger partial charge is 0.347 e. The van der Waals surface area contributed by atoms with Crippen molar-refractivity contribution < 1.29 is 18.0 Å². The zero-order valence-electron chi connectivity index (χ0n) is 12.8. The maximum absolute atomic E-state index is 13.0. The average molecular weight is 357 g/mol. The molecule has 10 heteroatoms. The number of aryl methyl sites for hydroxylation is 1. The van der Waals surface area contributed by atoms with Gasteiger partial charge in [-0.1, -0.05) is 0 Å². The van der Waals surface area contributed by atoms with E-state index in [2.05, 4.69) is 15.5 Å². The number of hydrogen-bond donors (Lipinski definition) is 1.